The molecule has 1 aliphatic rings. The molecule has 1 fully saturated rings. The van der Waals surface area contributed by atoms with E-state index in [1.54, 1.807) is 18.2 Å². The van der Waals surface area contributed by atoms with E-state index in [2.05, 4.69) is 4.90 Å². The highest BCUT2D eigenvalue weighted by Gasteiger charge is 2.25. The number of carboxylic acids is 1. The first-order valence-electron chi connectivity index (χ1n) is 6.88. The molecular weight excluding hydrogens is 245 g/mol. The zero-order valence-electron chi connectivity index (χ0n) is 11.0. The van der Waals surface area contributed by atoms with E-state index in [0.29, 0.717) is 12.1 Å². The molecule has 0 spiro atoms. The fraction of sp³-hybridized carbons (Fsp3) is 0.533. The summed E-state index contributed by atoms with van der Waals surface area (Å²) in [6.45, 7) is 2.23. The van der Waals surface area contributed by atoms with Crippen LogP contribution in [0, 0.1) is 5.82 Å². The van der Waals surface area contributed by atoms with Crippen LogP contribution >= 0.6 is 0 Å². The van der Waals surface area contributed by atoms with Gasteiger partial charge in [-0.05, 0) is 32.0 Å². The molecule has 0 aromatic heterocycles. The Morgan fingerprint density at radius 3 is 2.42 bits per heavy atom. The van der Waals surface area contributed by atoms with Crippen molar-refractivity contribution >= 4 is 5.97 Å². The minimum absolute atomic E-state index is 0.291. The van der Waals surface area contributed by atoms with Gasteiger partial charge in [-0.2, -0.15) is 0 Å². The molecule has 1 unspecified atom stereocenters. The predicted molar refractivity (Wildman–Crippen MR) is 71.7 cm³/mol. The van der Waals surface area contributed by atoms with Gasteiger partial charge in [0.1, 0.15) is 5.82 Å². The monoisotopic (exact) mass is 265 g/mol. The van der Waals surface area contributed by atoms with Crippen molar-refractivity contribution in [2.24, 2.45) is 0 Å². The van der Waals surface area contributed by atoms with Gasteiger partial charge >= 0.3 is 5.97 Å². The fourth-order valence-electron chi connectivity index (χ4n) is 2.64. The molecule has 19 heavy (non-hydrogen) atoms. The Morgan fingerprint density at radius 2 is 1.84 bits per heavy atom. The molecule has 1 heterocycles. The van der Waals surface area contributed by atoms with Gasteiger partial charge in [0, 0.05) is 12.1 Å². The maximum absolute atomic E-state index is 13.8. The largest absolute Gasteiger partial charge is 0.481 e. The summed E-state index contributed by atoms with van der Waals surface area (Å²) in [5, 5.41) is 9.36. The topological polar surface area (TPSA) is 40.5 Å². The first kappa shape index (κ1) is 14.0. The fourth-order valence-corrected chi connectivity index (χ4v) is 2.64. The highest BCUT2D eigenvalue weighted by Crippen LogP contribution is 2.22. The molecule has 2 rings (SSSR count). The van der Waals surface area contributed by atoms with E-state index < -0.39 is 17.7 Å². The average molecular weight is 265 g/mol. The third-order valence-electron chi connectivity index (χ3n) is 3.72. The minimum atomic E-state index is -0.950. The lowest BCUT2D eigenvalue weighted by atomic mass is 9.98. The Bertz CT molecular complexity index is 428. The summed E-state index contributed by atoms with van der Waals surface area (Å²) in [5.74, 6) is -2.15. The number of hydrogen-bond donors (Lipinski definition) is 1. The van der Waals surface area contributed by atoms with Crippen LogP contribution in [0.2, 0.25) is 0 Å². The molecule has 1 aliphatic heterocycles. The minimum Gasteiger partial charge on any atom is -0.481 e. The number of rotatable bonds is 4. The summed E-state index contributed by atoms with van der Waals surface area (Å²) in [6, 6.07) is 6.18. The summed E-state index contributed by atoms with van der Waals surface area (Å²) < 4.78 is 13.8. The summed E-state index contributed by atoms with van der Waals surface area (Å²) in [6.07, 6.45) is 4.61. The zero-order chi connectivity index (χ0) is 13.7. The summed E-state index contributed by atoms with van der Waals surface area (Å²) in [4.78, 5) is 13.6. The smallest absolute Gasteiger partial charge is 0.312 e. The Balaban J connectivity index is 2.12. The van der Waals surface area contributed by atoms with E-state index in [4.69, 9.17) is 0 Å². The van der Waals surface area contributed by atoms with Crippen LogP contribution in [0.1, 0.15) is 37.2 Å². The van der Waals surface area contributed by atoms with Crippen LogP contribution in [0.5, 0.6) is 0 Å². The van der Waals surface area contributed by atoms with Gasteiger partial charge in [0.25, 0.3) is 0 Å². The number of likely N-dealkylation sites (tertiary alicyclic amines) is 1. The molecule has 1 saturated heterocycles. The maximum Gasteiger partial charge on any atom is 0.312 e. The van der Waals surface area contributed by atoms with Gasteiger partial charge in [0.2, 0.25) is 0 Å². The number of carbonyl (C=O) groups is 1. The van der Waals surface area contributed by atoms with E-state index in [1.165, 1.54) is 18.9 Å². The van der Waals surface area contributed by atoms with Gasteiger partial charge in [-0.25, -0.2) is 4.39 Å². The second kappa shape index (κ2) is 6.66. The third kappa shape index (κ3) is 3.77. The van der Waals surface area contributed by atoms with Crippen LogP contribution in [0.4, 0.5) is 4.39 Å². The number of hydrogen-bond acceptors (Lipinski definition) is 2. The lowest BCUT2D eigenvalue weighted by molar-refractivity contribution is -0.139. The Hall–Kier alpha value is -1.42. The molecule has 3 nitrogen and oxygen atoms in total. The first-order valence-corrected chi connectivity index (χ1v) is 6.88. The lowest BCUT2D eigenvalue weighted by Gasteiger charge is -2.24. The van der Waals surface area contributed by atoms with Gasteiger partial charge in [0.05, 0.1) is 5.92 Å². The van der Waals surface area contributed by atoms with Gasteiger partial charge in [-0.3, -0.25) is 4.79 Å². The van der Waals surface area contributed by atoms with Crippen molar-refractivity contribution in [3.05, 3.63) is 35.6 Å². The Kier molecular flexibility index (Phi) is 4.91. The number of halogens is 1. The van der Waals surface area contributed by atoms with E-state index in [1.807, 2.05) is 0 Å². The number of aliphatic carboxylic acids is 1. The van der Waals surface area contributed by atoms with Gasteiger partial charge in [0.15, 0.2) is 0 Å². The standard InChI is InChI=1S/C15H20FNO2/c16-14-8-4-3-7-12(14)13(15(18)19)11-17-9-5-1-2-6-10-17/h3-4,7-8,13H,1-2,5-6,9-11H2,(H,18,19). The van der Waals surface area contributed by atoms with Crippen LogP contribution in [0.3, 0.4) is 0 Å². The molecule has 1 atom stereocenters. The molecule has 4 heteroatoms. The van der Waals surface area contributed by atoms with E-state index in [9.17, 15) is 14.3 Å². The van der Waals surface area contributed by atoms with E-state index in [0.717, 1.165) is 25.9 Å². The SMILES string of the molecule is O=C(O)C(CN1CCCCCC1)c1ccccc1F. The normalized spacial score (nSPS) is 18.8. The molecule has 1 aromatic rings. The Morgan fingerprint density at radius 1 is 1.21 bits per heavy atom. The maximum atomic E-state index is 13.8. The van der Waals surface area contributed by atoms with Crippen molar-refractivity contribution in [2.75, 3.05) is 19.6 Å². The van der Waals surface area contributed by atoms with Crippen LogP contribution in [-0.2, 0) is 4.79 Å². The van der Waals surface area contributed by atoms with Gasteiger partial charge in [-0.15, -0.1) is 0 Å². The van der Waals surface area contributed by atoms with E-state index in [-0.39, 0.29) is 0 Å². The quantitative estimate of drug-likeness (QED) is 0.910. The second-order valence-corrected chi connectivity index (χ2v) is 5.13. The van der Waals surface area contributed by atoms with Crippen molar-refractivity contribution in [3.63, 3.8) is 0 Å². The second-order valence-electron chi connectivity index (χ2n) is 5.13. The molecule has 0 amide bonds. The third-order valence-corrected chi connectivity index (χ3v) is 3.72. The molecule has 1 N–H and O–H groups in total. The summed E-state index contributed by atoms with van der Waals surface area (Å²) >= 11 is 0. The predicted octanol–water partition coefficient (Wildman–Crippen LogP) is 2.87. The van der Waals surface area contributed by atoms with Crippen molar-refractivity contribution in [1.29, 1.82) is 0 Å². The highest BCUT2D eigenvalue weighted by atomic mass is 19.1. The molecule has 0 bridgehead atoms. The molecule has 0 aliphatic carbocycles. The Labute approximate surface area is 113 Å². The highest BCUT2D eigenvalue weighted by molar-refractivity contribution is 5.76. The van der Waals surface area contributed by atoms with Crippen LogP contribution in [0.15, 0.2) is 24.3 Å². The molecule has 104 valence electrons. The van der Waals surface area contributed by atoms with Gasteiger partial charge < -0.3 is 10.0 Å². The first-order chi connectivity index (χ1) is 9.18. The molecule has 0 saturated carbocycles. The number of nitrogens with zero attached hydrogens (tertiary/aromatic N) is 1. The van der Waals surface area contributed by atoms with Gasteiger partial charge in [-0.1, -0.05) is 31.0 Å². The van der Waals surface area contributed by atoms with E-state index >= 15 is 0 Å². The number of benzene rings is 1. The zero-order valence-corrected chi connectivity index (χ0v) is 11.0. The van der Waals surface area contributed by atoms with Crippen molar-refractivity contribution in [2.45, 2.75) is 31.6 Å². The molecule has 0 radical (unpaired) electrons. The summed E-state index contributed by atoms with van der Waals surface area (Å²) in [5.41, 5.74) is 0.291. The van der Waals surface area contributed by atoms with Crippen LogP contribution < -0.4 is 0 Å². The van der Waals surface area contributed by atoms with Crippen LogP contribution in [-0.4, -0.2) is 35.6 Å². The van der Waals surface area contributed by atoms with Crippen LogP contribution in [0.25, 0.3) is 0 Å². The van der Waals surface area contributed by atoms with Crippen molar-refractivity contribution in [1.82, 2.24) is 4.90 Å². The lowest BCUT2D eigenvalue weighted by Crippen LogP contribution is -2.33. The van der Waals surface area contributed by atoms with Crippen molar-refractivity contribution < 1.29 is 14.3 Å². The average Bonchev–Trinajstić information content (AvgIpc) is 2.65. The molecule has 1 aromatic carbocycles. The molecular formula is C15H20FNO2. The van der Waals surface area contributed by atoms with Crippen molar-refractivity contribution in [3.8, 4) is 0 Å². The number of carboxylic acid groups (broad SMARTS) is 1. The summed E-state index contributed by atoms with van der Waals surface area (Å²) in [7, 11) is 0.